The summed E-state index contributed by atoms with van der Waals surface area (Å²) in [5.41, 5.74) is 7.49. The van der Waals surface area contributed by atoms with Crippen LogP contribution in [0.3, 0.4) is 0 Å². The molecule has 0 spiro atoms. The first-order valence-corrected chi connectivity index (χ1v) is 13.1. The van der Waals surface area contributed by atoms with E-state index in [1.165, 1.54) is 0 Å². The number of carboxylic acids is 1. The molecule has 38 heavy (non-hydrogen) atoms. The maximum absolute atomic E-state index is 12.2. The minimum Gasteiger partial charge on any atom is -0.481 e. The fourth-order valence-electron chi connectivity index (χ4n) is 4.84. The SMILES string of the molecule is CC.N#CC1CCCN(c2nc(C=N)c(C(N)=O)c(Nc3ccc(N4CCC(CC(=O)O)CC4)cc3)n2)C1. The first kappa shape index (κ1) is 28.4. The van der Waals surface area contributed by atoms with Crippen molar-refractivity contribution in [3.05, 3.63) is 35.5 Å². The molecule has 1 unspecified atom stereocenters. The molecule has 0 aliphatic carbocycles. The van der Waals surface area contributed by atoms with Crippen molar-refractivity contribution in [1.29, 1.82) is 10.7 Å². The van der Waals surface area contributed by atoms with Crippen molar-refractivity contribution < 1.29 is 14.7 Å². The van der Waals surface area contributed by atoms with E-state index in [1.807, 2.05) is 43.0 Å². The van der Waals surface area contributed by atoms with Crippen LogP contribution in [0.2, 0.25) is 0 Å². The Balaban J connectivity index is 0.00000195. The number of nitrogens with two attached hydrogens (primary N) is 1. The third-order valence-corrected chi connectivity index (χ3v) is 6.77. The second-order valence-corrected chi connectivity index (χ2v) is 9.26. The molecule has 4 rings (SSSR count). The number of carboxylic acid groups (broad SMARTS) is 1. The van der Waals surface area contributed by atoms with E-state index in [0.29, 0.717) is 24.7 Å². The number of aromatic nitrogens is 2. The van der Waals surface area contributed by atoms with Crippen molar-refractivity contribution in [3.8, 4) is 6.07 Å². The molecule has 2 aliphatic rings. The Bertz CT molecular complexity index is 1170. The molecule has 0 bridgehead atoms. The fraction of sp³-hybridized carbons (Fsp3) is 0.481. The van der Waals surface area contributed by atoms with Crippen molar-refractivity contribution in [2.45, 2.75) is 46.0 Å². The number of piperidine rings is 2. The summed E-state index contributed by atoms with van der Waals surface area (Å²) in [6.45, 7) is 6.77. The van der Waals surface area contributed by atoms with Crippen LogP contribution in [0.5, 0.6) is 0 Å². The largest absolute Gasteiger partial charge is 0.481 e. The van der Waals surface area contributed by atoms with E-state index in [0.717, 1.165) is 50.7 Å². The molecule has 2 saturated heterocycles. The monoisotopic (exact) mass is 520 g/mol. The Morgan fingerprint density at radius 2 is 1.84 bits per heavy atom. The first-order valence-electron chi connectivity index (χ1n) is 13.1. The molecule has 1 aromatic carbocycles. The van der Waals surface area contributed by atoms with Crippen LogP contribution in [0.1, 0.15) is 62.0 Å². The zero-order valence-electron chi connectivity index (χ0n) is 22.0. The number of aliphatic carboxylic acids is 1. The van der Waals surface area contributed by atoms with E-state index in [-0.39, 0.29) is 35.3 Å². The summed E-state index contributed by atoms with van der Waals surface area (Å²) in [5, 5.41) is 29.3. The number of anilines is 4. The number of amides is 1. The number of nitrogens with zero attached hydrogens (tertiary/aromatic N) is 5. The van der Waals surface area contributed by atoms with Gasteiger partial charge >= 0.3 is 5.97 Å². The zero-order valence-corrected chi connectivity index (χ0v) is 22.0. The highest BCUT2D eigenvalue weighted by Crippen LogP contribution is 2.29. The highest BCUT2D eigenvalue weighted by molar-refractivity contribution is 6.04. The lowest BCUT2D eigenvalue weighted by Gasteiger charge is -2.33. The van der Waals surface area contributed by atoms with Gasteiger partial charge in [-0.05, 0) is 55.9 Å². The van der Waals surface area contributed by atoms with Crippen LogP contribution in [-0.2, 0) is 4.79 Å². The van der Waals surface area contributed by atoms with Crippen molar-refractivity contribution in [3.63, 3.8) is 0 Å². The number of carbonyl (C=O) groups excluding carboxylic acids is 1. The minimum atomic E-state index is -0.747. The molecule has 3 heterocycles. The van der Waals surface area contributed by atoms with Crippen LogP contribution < -0.4 is 20.9 Å². The minimum absolute atomic E-state index is 0.0344. The summed E-state index contributed by atoms with van der Waals surface area (Å²) < 4.78 is 0. The van der Waals surface area contributed by atoms with Gasteiger partial charge in [0.25, 0.3) is 5.91 Å². The van der Waals surface area contributed by atoms with Crippen molar-refractivity contribution in [1.82, 2.24) is 9.97 Å². The van der Waals surface area contributed by atoms with Gasteiger partial charge in [-0.15, -0.1) is 0 Å². The molecule has 11 heteroatoms. The van der Waals surface area contributed by atoms with E-state index in [4.69, 9.17) is 16.2 Å². The van der Waals surface area contributed by atoms with Gasteiger partial charge in [0.2, 0.25) is 5.95 Å². The van der Waals surface area contributed by atoms with Crippen molar-refractivity contribution >= 4 is 41.2 Å². The maximum atomic E-state index is 12.2. The molecular weight excluding hydrogens is 484 g/mol. The molecule has 11 nitrogen and oxygen atoms in total. The molecule has 5 N–H and O–H groups in total. The van der Waals surface area contributed by atoms with Gasteiger partial charge in [0, 0.05) is 50.2 Å². The standard InChI is InChI=1S/C25H30N8O3.C2H6/c26-13-17-2-1-9-33(15-17)25-30-20(14-27)22(23(28)36)24(31-25)29-18-3-5-19(6-4-18)32-10-7-16(8-11-32)12-21(34)35;1-2/h3-6,14,16-17,27H,1-2,7-12,15H2,(H2,28,36)(H,34,35)(H,29,30,31);1-2H3. The molecule has 1 aromatic heterocycles. The number of benzene rings is 1. The normalized spacial score (nSPS) is 17.6. The third-order valence-electron chi connectivity index (χ3n) is 6.77. The van der Waals surface area contributed by atoms with Crippen LogP contribution in [0, 0.1) is 28.6 Å². The molecular formula is C27H36N8O3. The summed E-state index contributed by atoms with van der Waals surface area (Å²) in [5.74, 6) is -0.834. The van der Waals surface area contributed by atoms with E-state index in [2.05, 4.69) is 26.3 Å². The van der Waals surface area contributed by atoms with E-state index in [9.17, 15) is 14.9 Å². The van der Waals surface area contributed by atoms with Gasteiger partial charge in [-0.25, -0.2) is 4.98 Å². The van der Waals surface area contributed by atoms with E-state index < -0.39 is 11.9 Å². The second-order valence-electron chi connectivity index (χ2n) is 9.26. The molecule has 1 atom stereocenters. The molecule has 0 radical (unpaired) electrons. The predicted molar refractivity (Wildman–Crippen MR) is 147 cm³/mol. The van der Waals surface area contributed by atoms with Gasteiger partial charge in [-0.1, -0.05) is 13.8 Å². The van der Waals surface area contributed by atoms with Crippen LogP contribution >= 0.6 is 0 Å². The van der Waals surface area contributed by atoms with E-state index >= 15 is 0 Å². The average molecular weight is 521 g/mol. The van der Waals surface area contributed by atoms with Crippen LogP contribution in [-0.4, -0.2) is 59.3 Å². The summed E-state index contributed by atoms with van der Waals surface area (Å²) in [4.78, 5) is 36.3. The average Bonchev–Trinajstić information content (AvgIpc) is 2.94. The van der Waals surface area contributed by atoms with Crippen LogP contribution in [0.25, 0.3) is 0 Å². The molecule has 1 amide bonds. The number of carbonyl (C=O) groups is 2. The van der Waals surface area contributed by atoms with Crippen molar-refractivity contribution in [2.24, 2.45) is 17.6 Å². The van der Waals surface area contributed by atoms with Gasteiger partial charge in [0.1, 0.15) is 17.1 Å². The second kappa shape index (κ2) is 13.4. The Morgan fingerprint density at radius 3 is 2.42 bits per heavy atom. The summed E-state index contributed by atoms with van der Waals surface area (Å²) in [7, 11) is 0. The lowest BCUT2D eigenvalue weighted by Crippen LogP contribution is -2.36. The Labute approximate surface area is 223 Å². The van der Waals surface area contributed by atoms with Gasteiger partial charge in [0.15, 0.2) is 0 Å². The zero-order chi connectivity index (χ0) is 27.7. The van der Waals surface area contributed by atoms with Crippen LogP contribution in [0.4, 0.5) is 23.1 Å². The Kier molecular flexibility index (Phi) is 9.99. The lowest BCUT2D eigenvalue weighted by atomic mass is 9.93. The number of nitriles is 1. The molecule has 0 saturated carbocycles. The number of rotatable bonds is 8. The fourth-order valence-corrected chi connectivity index (χ4v) is 4.84. The van der Waals surface area contributed by atoms with Gasteiger partial charge in [0.05, 0.1) is 12.0 Å². The first-order chi connectivity index (χ1) is 18.4. The van der Waals surface area contributed by atoms with Gasteiger partial charge in [-0.3, -0.25) is 9.59 Å². The lowest BCUT2D eigenvalue weighted by molar-refractivity contribution is -0.138. The molecule has 2 fully saturated rings. The maximum Gasteiger partial charge on any atom is 0.303 e. The highest BCUT2D eigenvalue weighted by atomic mass is 16.4. The smallest absolute Gasteiger partial charge is 0.303 e. The Hall–Kier alpha value is -4.20. The summed E-state index contributed by atoms with van der Waals surface area (Å²) in [6.07, 6.45) is 4.53. The predicted octanol–water partition coefficient (Wildman–Crippen LogP) is 3.77. The molecule has 202 valence electrons. The summed E-state index contributed by atoms with van der Waals surface area (Å²) in [6, 6.07) is 9.98. The molecule has 2 aliphatic heterocycles. The number of hydrogen-bond acceptors (Lipinski definition) is 9. The van der Waals surface area contributed by atoms with Crippen molar-refractivity contribution in [2.75, 3.05) is 41.3 Å². The van der Waals surface area contributed by atoms with Crippen LogP contribution in [0.15, 0.2) is 24.3 Å². The topological polar surface area (TPSA) is 172 Å². The number of hydrogen-bond donors (Lipinski definition) is 4. The van der Waals surface area contributed by atoms with Gasteiger partial charge < -0.3 is 31.4 Å². The Morgan fingerprint density at radius 1 is 1.16 bits per heavy atom. The number of primary amides is 1. The third kappa shape index (κ3) is 6.97. The van der Waals surface area contributed by atoms with Gasteiger partial charge in [-0.2, -0.15) is 10.2 Å². The number of nitrogens with one attached hydrogen (secondary N) is 2. The van der Waals surface area contributed by atoms with E-state index in [1.54, 1.807) is 0 Å². The quantitative estimate of drug-likeness (QED) is 0.378. The highest BCUT2D eigenvalue weighted by Gasteiger charge is 2.26. The molecule has 2 aromatic rings. The summed E-state index contributed by atoms with van der Waals surface area (Å²) >= 11 is 0.